The van der Waals surface area contributed by atoms with Crippen LogP contribution in [0.5, 0.6) is 0 Å². The maximum absolute atomic E-state index is 13.3. The Labute approximate surface area is 123 Å². The number of hydrogen-bond donors (Lipinski definition) is 1. The number of rotatable bonds is 5. The predicted octanol–water partition coefficient (Wildman–Crippen LogP) is 3.41. The van der Waals surface area contributed by atoms with Crippen molar-refractivity contribution in [2.75, 3.05) is 26.2 Å². The summed E-state index contributed by atoms with van der Waals surface area (Å²) in [6.07, 6.45) is 2.57. The highest BCUT2D eigenvalue weighted by Gasteiger charge is 2.17. The van der Waals surface area contributed by atoms with E-state index in [9.17, 15) is 4.39 Å². The normalized spacial score (nSPS) is 19.9. The molecule has 0 amide bonds. The molecule has 0 saturated carbocycles. The van der Waals surface area contributed by atoms with E-state index in [0.29, 0.717) is 0 Å². The summed E-state index contributed by atoms with van der Waals surface area (Å²) in [4.78, 5) is 2.40. The zero-order valence-electron chi connectivity index (χ0n) is 11.5. The lowest BCUT2D eigenvalue weighted by Crippen LogP contribution is -2.38. The third-order valence-corrected chi connectivity index (χ3v) is 4.54. The summed E-state index contributed by atoms with van der Waals surface area (Å²) in [5.41, 5.74) is 1.03. The van der Waals surface area contributed by atoms with Crippen LogP contribution in [0.3, 0.4) is 0 Å². The number of benzene rings is 1. The first-order chi connectivity index (χ1) is 9.19. The Morgan fingerprint density at radius 1 is 1.47 bits per heavy atom. The summed E-state index contributed by atoms with van der Waals surface area (Å²) in [6.45, 7) is 7.33. The van der Waals surface area contributed by atoms with Gasteiger partial charge in [0.15, 0.2) is 0 Å². The standard InChI is InChI=1S/C15H22BrFN2/c1-2-19(10-12-4-3-7-18-9-12)11-13-8-14(17)5-6-15(13)16/h5-6,8,12,18H,2-4,7,9-11H2,1H3. The highest BCUT2D eigenvalue weighted by Crippen LogP contribution is 2.21. The molecule has 1 aromatic carbocycles. The van der Waals surface area contributed by atoms with Gasteiger partial charge in [-0.25, -0.2) is 4.39 Å². The van der Waals surface area contributed by atoms with Crippen LogP contribution in [-0.4, -0.2) is 31.1 Å². The lowest BCUT2D eigenvalue weighted by Gasteiger charge is -2.29. The maximum Gasteiger partial charge on any atom is 0.123 e. The first-order valence-corrected chi connectivity index (χ1v) is 7.85. The highest BCUT2D eigenvalue weighted by atomic mass is 79.9. The molecule has 19 heavy (non-hydrogen) atoms. The van der Waals surface area contributed by atoms with Crippen LogP contribution in [0.2, 0.25) is 0 Å². The summed E-state index contributed by atoms with van der Waals surface area (Å²) in [7, 11) is 0. The second kappa shape index (κ2) is 7.36. The van der Waals surface area contributed by atoms with Crippen molar-refractivity contribution in [1.29, 1.82) is 0 Å². The molecule has 0 bridgehead atoms. The minimum absolute atomic E-state index is 0.159. The lowest BCUT2D eigenvalue weighted by molar-refractivity contribution is 0.209. The number of nitrogens with one attached hydrogen (secondary N) is 1. The summed E-state index contributed by atoms with van der Waals surface area (Å²) < 4.78 is 14.3. The molecule has 0 radical (unpaired) electrons. The van der Waals surface area contributed by atoms with Crippen molar-refractivity contribution in [3.05, 3.63) is 34.1 Å². The fraction of sp³-hybridized carbons (Fsp3) is 0.600. The van der Waals surface area contributed by atoms with Crippen LogP contribution in [0.1, 0.15) is 25.3 Å². The quantitative estimate of drug-likeness (QED) is 0.891. The van der Waals surface area contributed by atoms with Crippen molar-refractivity contribution in [2.24, 2.45) is 5.92 Å². The van der Waals surface area contributed by atoms with Gasteiger partial charge in [0.25, 0.3) is 0 Å². The third kappa shape index (κ3) is 4.55. The van der Waals surface area contributed by atoms with Gasteiger partial charge in [0.2, 0.25) is 0 Å². The Kier molecular flexibility index (Phi) is 5.79. The summed E-state index contributed by atoms with van der Waals surface area (Å²) in [6, 6.07) is 4.92. The Hall–Kier alpha value is -0.450. The molecule has 1 saturated heterocycles. The van der Waals surface area contributed by atoms with Gasteiger partial charge in [-0.1, -0.05) is 22.9 Å². The molecule has 0 aliphatic carbocycles. The van der Waals surface area contributed by atoms with Crippen molar-refractivity contribution in [1.82, 2.24) is 10.2 Å². The molecule has 4 heteroatoms. The lowest BCUT2D eigenvalue weighted by atomic mass is 9.99. The minimum Gasteiger partial charge on any atom is -0.316 e. The molecule has 1 unspecified atom stereocenters. The largest absolute Gasteiger partial charge is 0.316 e. The fourth-order valence-electron chi connectivity index (χ4n) is 2.66. The molecule has 1 aliphatic heterocycles. The van der Waals surface area contributed by atoms with Gasteiger partial charge in [-0.15, -0.1) is 0 Å². The van der Waals surface area contributed by atoms with E-state index in [1.54, 1.807) is 12.1 Å². The van der Waals surface area contributed by atoms with Crippen LogP contribution in [0.4, 0.5) is 4.39 Å². The van der Waals surface area contributed by atoms with Gasteiger partial charge in [0.1, 0.15) is 5.82 Å². The van der Waals surface area contributed by atoms with Crippen LogP contribution < -0.4 is 5.32 Å². The molecule has 0 spiro atoms. The van der Waals surface area contributed by atoms with Gasteiger partial charge >= 0.3 is 0 Å². The topological polar surface area (TPSA) is 15.3 Å². The molecule has 106 valence electrons. The zero-order valence-corrected chi connectivity index (χ0v) is 13.0. The third-order valence-electron chi connectivity index (χ3n) is 3.76. The first-order valence-electron chi connectivity index (χ1n) is 7.06. The molecule has 1 heterocycles. The van der Waals surface area contributed by atoms with Gasteiger partial charge in [0, 0.05) is 17.6 Å². The smallest absolute Gasteiger partial charge is 0.123 e. The average Bonchev–Trinajstić information content (AvgIpc) is 2.43. The Morgan fingerprint density at radius 2 is 2.32 bits per heavy atom. The summed E-state index contributed by atoms with van der Waals surface area (Å²) >= 11 is 3.51. The van der Waals surface area contributed by atoms with E-state index in [0.717, 1.165) is 48.7 Å². The Balaban J connectivity index is 1.95. The molecular weight excluding hydrogens is 307 g/mol. The molecule has 1 N–H and O–H groups in total. The number of nitrogens with zero attached hydrogens (tertiary/aromatic N) is 1. The van der Waals surface area contributed by atoms with Crippen LogP contribution in [0.15, 0.2) is 22.7 Å². The molecule has 1 aliphatic rings. The van der Waals surface area contributed by atoms with Gasteiger partial charge < -0.3 is 5.32 Å². The molecule has 1 fully saturated rings. The second-order valence-corrected chi connectivity index (χ2v) is 6.13. The SMILES string of the molecule is CCN(Cc1cc(F)ccc1Br)CC1CCCNC1. The van der Waals surface area contributed by atoms with Crippen LogP contribution in [0.25, 0.3) is 0 Å². The van der Waals surface area contributed by atoms with E-state index in [1.165, 1.54) is 18.9 Å². The van der Waals surface area contributed by atoms with Crippen LogP contribution in [-0.2, 0) is 6.54 Å². The average molecular weight is 329 g/mol. The Bertz CT molecular complexity index is 405. The molecule has 2 rings (SSSR count). The Morgan fingerprint density at radius 3 is 3.00 bits per heavy atom. The fourth-order valence-corrected chi connectivity index (χ4v) is 3.03. The molecular formula is C15H22BrFN2. The van der Waals surface area contributed by atoms with Crippen molar-refractivity contribution < 1.29 is 4.39 Å². The minimum atomic E-state index is -0.159. The molecule has 1 aromatic rings. The molecule has 0 aromatic heterocycles. The molecule has 2 nitrogen and oxygen atoms in total. The number of piperidine rings is 1. The van der Waals surface area contributed by atoms with Crippen molar-refractivity contribution in [2.45, 2.75) is 26.3 Å². The van der Waals surface area contributed by atoms with E-state index in [-0.39, 0.29) is 5.82 Å². The van der Waals surface area contributed by atoms with E-state index >= 15 is 0 Å². The van der Waals surface area contributed by atoms with Gasteiger partial charge in [-0.3, -0.25) is 4.90 Å². The number of halogens is 2. The van der Waals surface area contributed by atoms with E-state index in [1.807, 2.05) is 0 Å². The van der Waals surface area contributed by atoms with Crippen molar-refractivity contribution in [3.63, 3.8) is 0 Å². The van der Waals surface area contributed by atoms with Gasteiger partial charge in [0.05, 0.1) is 0 Å². The van der Waals surface area contributed by atoms with Gasteiger partial charge in [-0.2, -0.15) is 0 Å². The highest BCUT2D eigenvalue weighted by molar-refractivity contribution is 9.10. The summed E-state index contributed by atoms with van der Waals surface area (Å²) in [5.74, 6) is 0.564. The monoisotopic (exact) mass is 328 g/mol. The van der Waals surface area contributed by atoms with Crippen molar-refractivity contribution >= 4 is 15.9 Å². The van der Waals surface area contributed by atoms with Crippen LogP contribution >= 0.6 is 15.9 Å². The van der Waals surface area contributed by atoms with E-state index in [2.05, 4.69) is 33.1 Å². The first kappa shape index (κ1) is 14.9. The predicted molar refractivity (Wildman–Crippen MR) is 80.6 cm³/mol. The second-order valence-electron chi connectivity index (χ2n) is 5.28. The maximum atomic E-state index is 13.3. The van der Waals surface area contributed by atoms with Crippen LogP contribution in [0, 0.1) is 11.7 Å². The van der Waals surface area contributed by atoms with Crippen molar-refractivity contribution in [3.8, 4) is 0 Å². The van der Waals surface area contributed by atoms with E-state index < -0.39 is 0 Å². The van der Waals surface area contributed by atoms with Gasteiger partial charge in [-0.05, 0) is 62.2 Å². The molecule has 1 atom stereocenters. The zero-order chi connectivity index (χ0) is 13.7. The van der Waals surface area contributed by atoms with E-state index in [4.69, 9.17) is 0 Å². The number of hydrogen-bond acceptors (Lipinski definition) is 2. The summed E-state index contributed by atoms with van der Waals surface area (Å²) in [5, 5.41) is 3.45.